The molecule has 0 bridgehead atoms. The van der Waals surface area contributed by atoms with Crippen molar-refractivity contribution in [1.82, 2.24) is 4.90 Å². The van der Waals surface area contributed by atoms with Crippen molar-refractivity contribution in [3.63, 3.8) is 0 Å². The Hall–Kier alpha value is -2.33. The number of carboxylic acid groups (broad SMARTS) is 1. The normalized spacial score (nSPS) is 21.3. The summed E-state index contributed by atoms with van der Waals surface area (Å²) in [5.41, 5.74) is 1.14. The fourth-order valence-electron chi connectivity index (χ4n) is 3.12. The SMILES string of the molecule is CC1C(C(=O)O)CCN1Cc1cccc(Oc2ccccc2)c1. The first kappa shape index (κ1) is 15.6. The molecule has 0 amide bonds. The van der Waals surface area contributed by atoms with Crippen LogP contribution in [-0.2, 0) is 11.3 Å². The summed E-state index contributed by atoms with van der Waals surface area (Å²) in [6.45, 7) is 3.56. The number of rotatable bonds is 5. The largest absolute Gasteiger partial charge is 0.481 e. The molecule has 23 heavy (non-hydrogen) atoms. The van der Waals surface area contributed by atoms with Crippen LogP contribution in [0.2, 0.25) is 0 Å². The maximum Gasteiger partial charge on any atom is 0.308 e. The van der Waals surface area contributed by atoms with E-state index >= 15 is 0 Å². The molecular formula is C19H21NO3. The molecule has 1 saturated heterocycles. The zero-order valence-corrected chi connectivity index (χ0v) is 13.2. The smallest absolute Gasteiger partial charge is 0.308 e. The number of nitrogens with zero attached hydrogens (tertiary/aromatic N) is 1. The first-order chi connectivity index (χ1) is 11.1. The van der Waals surface area contributed by atoms with Gasteiger partial charge in [0.25, 0.3) is 0 Å². The molecule has 1 aliphatic rings. The van der Waals surface area contributed by atoms with Crippen LogP contribution in [0, 0.1) is 5.92 Å². The Morgan fingerprint density at radius 2 is 1.91 bits per heavy atom. The summed E-state index contributed by atoms with van der Waals surface area (Å²) in [4.78, 5) is 13.4. The van der Waals surface area contributed by atoms with E-state index in [1.54, 1.807) is 0 Å². The number of carbonyl (C=O) groups is 1. The van der Waals surface area contributed by atoms with Gasteiger partial charge < -0.3 is 9.84 Å². The fraction of sp³-hybridized carbons (Fsp3) is 0.316. The van der Waals surface area contributed by atoms with E-state index in [0.29, 0.717) is 0 Å². The van der Waals surface area contributed by atoms with E-state index in [9.17, 15) is 9.90 Å². The molecule has 1 heterocycles. The standard InChI is InChI=1S/C19H21NO3/c1-14-18(19(21)22)10-11-20(14)13-15-6-5-9-17(12-15)23-16-7-3-2-4-8-16/h2-9,12,14,18H,10-11,13H2,1H3,(H,21,22). The van der Waals surface area contributed by atoms with Gasteiger partial charge in [-0.3, -0.25) is 9.69 Å². The third-order valence-electron chi connectivity index (χ3n) is 4.47. The van der Waals surface area contributed by atoms with Crippen molar-refractivity contribution in [1.29, 1.82) is 0 Å². The summed E-state index contributed by atoms with van der Waals surface area (Å²) in [7, 11) is 0. The van der Waals surface area contributed by atoms with Crippen LogP contribution in [-0.4, -0.2) is 28.6 Å². The minimum Gasteiger partial charge on any atom is -0.481 e. The highest BCUT2D eigenvalue weighted by Crippen LogP contribution is 2.27. The molecule has 2 aromatic rings. The monoisotopic (exact) mass is 311 g/mol. The molecule has 2 aromatic carbocycles. The molecule has 120 valence electrons. The first-order valence-electron chi connectivity index (χ1n) is 7.92. The van der Waals surface area contributed by atoms with E-state index in [0.717, 1.165) is 36.6 Å². The first-order valence-corrected chi connectivity index (χ1v) is 7.92. The summed E-state index contributed by atoms with van der Waals surface area (Å²) in [6, 6.07) is 17.7. The molecule has 4 heteroatoms. The minimum atomic E-state index is -0.693. The quantitative estimate of drug-likeness (QED) is 0.913. The van der Waals surface area contributed by atoms with E-state index in [1.807, 2.05) is 55.5 Å². The second-order valence-electron chi connectivity index (χ2n) is 6.01. The molecule has 4 nitrogen and oxygen atoms in total. The topological polar surface area (TPSA) is 49.8 Å². The Bertz CT molecular complexity index is 671. The molecule has 0 radical (unpaired) electrons. The summed E-state index contributed by atoms with van der Waals surface area (Å²) >= 11 is 0. The maximum atomic E-state index is 11.2. The van der Waals surface area contributed by atoms with Gasteiger partial charge in [-0.2, -0.15) is 0 Å². The zero-order chi connectivity index (χ0) is 16.2. The molecule has 0 aliphatic carbocycles. The molecule has 0 saturated carbocycles. The molecule has 2 atom stereocenters. The van der Waals surface area contributed by atoms with E-state index in [4.69, 9.17) is 4.74 Å². The van der Waals surface area contributed by atoms with E-state index in [2.05, 4.69) is 11.0 Å². The van der Waals surface area contributed by atoms with Gasteiger partial charge in [0, 0.05) is 12.6 Å². The van der Waals surface area contributed by atoms with Gasteiger partial charge in [0.1, 0.15) is 11.5 Å². The molecular weight excluding hydrogens is 290 g/mol. The Morgan fingerprint density at radius 3 is 2.61 bits per heavy atom. The van der Waals surface area contributed by atoms with Crippen molar-refractivity contribution in [3.05, 3.63) is 60.2 Å². The zero-order valence-electron chi connectivity index (χ0n) is 13.2. The predicted molar refractivity (Wildman–Crippen MR) is 88.6 cm³/mol. The van der Waals surface area contributed by atoms with Gasteiger partial charge in [0.15, 0.2) is 0 Å². The molecule has 1 aliphatic heterocycles. The van der Waals surface area contributed by atoms with Crippen LogP contribution in [0.1, 0.15) is 18.9 Å². The maximum absolute atomic E-state index is 11.2. The van der Waals surface area contributed by atoms with Crippen molar-refractivity contribution in [2.24, 2.45) is 5.92 Å². The molecule has 2 unspecified atom stereocenters. The number of para-hydroxylation sites is 1. The van der Waals surface area contributed by atoms with E-state index in [-0.39, 0.29) is 12.0 Å². The molecule has 0 aromatic heterocycles. The number of carboxylic acids is 1. The number of ether oxygens (including phenoxy) is 1. The lowest BCUT2D eigenvalue weighted by atomic mass is 10.0. The lowest BCUT2D eigenvalue weighted by Crippen LogP contribution is -2.32. The van der Waals surface area contributed by atoms with Crippen molar-refractivity contribution >= 4 is 5.97 Å². The summed E-state index contributed by atoms with van der Waals surface area (Å²) < 4.78 is 5.86. The Labute approximate surface area is 136 Å². The van der Waals surface area contributed by atoms with Crippen LogP contribution in [0.3, 0.4) is 0 Å². The molecule has 3 rings (SSSR count). The van der Waals surface area contributed by atoms with Crippen LogP contribution in [0.25, 0.3) is 0 Å². The van der Waals surface area contributed by atoms with Crippen LogP contribution in [0.15, 0.2) is 54.6 Å². The molecule has 1 fully saturated rings. The minimum absolute atomic E-state index is 0.0613. The lowest BCUT2D eigenvalue weighted by Gasteiger charge is -2.23. The van der Waals surface area contributed by atoms with Crippen LogP contribution < -0.4 is 4.74 Å². The summed E-state index contributed by atoms with van der Waals surface area (Å²) in [5, 5.41) is 9.23. The fourth-order valence-corrected chi connectivity index (χ4v) is 3.12. The highest BCUT2D eigenvalue weighted by atomic mass is 16.5. The van der Waals surface area contributed by atoms with Crippen LogP contribution in [0.4, 0.5) is 0 Å². The van der Waals surface area contributed by atoms with Crippen LogP contribution >= 0.6 is 0 Å². The van der Waals surface area contributed by atoms with Gasteiger partial charge in [0.05, 0.1) is 5.92 Å². The highest BCUT2D eigenvalue weighted by Gasteiger charge is 2.35. The van der Waals surface area contributed by atoms with Gasteiger partial charge in [0.2, 0.25) is 0 Å². The average molecular weight is 311 g/mol. The van der Waals surface area contributed by atoms with Gasteiger partial charge in [-0.05, 0) is 49.7 Å². The predicted octanol–water partition coefficient (Wildman–Crippen LogP) is 3.77. The van der Waals surface area contributed by atoms with Crippen LogP contribution in [0.5, 0.6) is 11.5 Å². The van der Waals surface area contributed by atoms with Crippen molar-refractivity contribution in [3.8, 4) is 11.5 Å². The number of aliphatic carboxylic acids is 1. The van der Waals surface area contributed by atoms with Crippen molar-refractivity contribution in [2.75, 3.05) is 6.54 Å². The highest BCUT2D eigenvalue weighted by molar-refractivity contribution is 5.71. The van der Waals surface area contributed by atoms with Gasteiger partial charge >= 0.3 is 5.97 Å². The Morgan fingerprint density at radius 1 is 1.17 bits per heavy atom. The summed E-state index contributed by atoms with van der Waals surface area (Å²) in [5.74, 6) is 0.653. The van der Waals surface area contributed by atoms with E-state index in [1.165, 1.54) is 0 Å². The van der Waals surface area contributed by atoms with Gasteiger partial charge in [-0.1, -0.05) is 30.3 Å². The third kappa shape index (κ3) is 3.71. The second kappa shape index (κ2) is 6.84. The molecule has 1 N–H and O–H groups in total. The van der Waals surface area contributed by atoms with Gasteiger partial charge in [-0.25, -0.2) is 0 Å². The number of likely N-dealkylation sites (tertiary alicyclic amines) is 1. The van der Waals surface area contributed by atoms with Crippen molar-refractivity contribution < 1.29 is 14.6 Å². The summed E-state index contributed by atoms with van der Waals surface area (Å²) in [6.07, 6.45) is 0.719. The number of benzene rings is 2. The number of hydrogen-bond donors (Lipinski definition) is 1. The van der Waals surface area contributed by atoms with Gasteiger partial charge in [-0.15, -0.1) is 0 Å². The third-order valence-corrected chi connectivity index (χ3v) is 4.47. The second-order valence-corrected chi connectivity index (χ2v) is 6.01. The number of hydrogen-bond acceptors (Lipinski definition) is 3. The Kier molecular flexibility index (Phi) is 4.63. The molecule has 0 spiro atoms. The van der Waals surface area contributed by atoms with E-state index < -0.39 is 5.97 Å². The van der Waals surface area contributed by atoms with Crippen molar-refractivity contribution in [2.45, 2.75) is 25.9 Å². The lowest BCUT2D eigenvalue weighted by molar-refractivity contribution is -0.142. The average Bonchev–Trinajstić information content (AvgIpc) is 2.90. The Balaban J connectivity index is 1.67.